The molecule has 1 atom stereocenters. The predicted molar refractivity (Wildman–Crippen MR) is 74.7 cm³/mol. The summed E-state index contributed by atoms with van der Waals surface area (Å²) in [5, 5.41) is 0. The Kier molecular flexibility index (Phi) is 3.93. The molecule has 0 amide bonds. The molecule has 100 valence electrons. The first-order valence-electron chi connectivity index (χ1n) is 6.65. The highest BCUT2D eigenvalue weighted by atomic mass is 16.5. The third-order valence-electron chi connectivity index (χ3n) is 3.95. The van der Waals surface area contributed by atoms with Crippen LogP contribution in [-0.4, -0.2) is 30.1 Å². The molecule has 2 N–H and O–H groups in total. The van der Waals surface area contributed by atoms with Crippen molar-refractivity contribution in [2.75, 3.05) is 13.7 Å². The van der Waals surface area contributed by atoms with Gasteiger partial charge in [0.15, 0.2) is 0 Å². The molecule has 1 saturated heterocycles. The molecule has 1 aliphatic rings. The van der Waals surface area contributed by atoms with E-state index in [2.05, 4.69) is 30.9 Å². The number of nitrogens with zero attached hydrogens (tertiary/aromatic N) is 1. The predicted octanol–water partition coefficient (Wildman–Crippen LogP) is 2.40. The number of methoxy groups -OCH3 is 1. The molecule has 0 saturated carbocycles. The second kappa shape index (κ2) is 5.29. The fourth-order valence-electron chi connectivity index (χ4n) is 2.59. The molecule has 1 aromatic carbocycles. The van der Waals surface area contributed by atoms with Crippen LogP contribution in [0.25, 0.3) is 0 Å². The molecule has 1 unspecified atom stereocenters. The van der Waals surface area contributed by atoms with Crippen LogP contribution in [0.5, 0.6) is 5.75 Å². The van der Waals surface area contributed by atoms with Gasteiger partial charge in [0.05, 0.1) is 7.11 Å². The van der Waals surface area contributed by atoms with Gasteiger partial charge in [-0.05, 0) is 44.4 Å². The van der Waals surface area contributed by atoms with Gasteiger partial charge in [-0.2, -0.15) is 0 Å². The molecular weight excluding hydrogens is 224 g/mol. The lowest BCUT2D eigenvalue weighted by molar-refractivity contribution is 0.0585. The molecule has 1 aromatic rings. The molecule has 0 aromatic heterocycles. The van der Waals surface area contributed by atoms with Crippen LogP contribution in [0.15, 0.2) is 24.3 Å². The fraction of sp³-hybridized carbons (Fsp3) is 0.600. The van der Waals surface area contributed by atoms with E-state index in [0.29, 0.717) is 6.04 Å². The zero-order chi connectivity index (χ0) is 13.2. The van der Waals surface area contributed by atoms with Crippen LogP contribution < -0.4 is 10.5 Å². The Morgan fingerprint density at radius 2 is 2.22 bits per heavy atom. The van der Waals surface area contributed by atoms with Gasteiger partial charge in [-0.25, -0.2) is 0 Å². The highest BCUT2D eigenvalue weighted by Crippen LogP contribution is 2.29. The summed E-state index contributed by atoms with van der Waals surface area (Å²) in [7, 11) is 1.71. The van der Waals surface area contributed by atoms with Crippen LogP contribution in [0.4, 0.5) is 0 Å². The first kappa shape index (κ1) is 13.4. The molecule has 0 aliphatic carbocycles. The van der Waals surface area contributed by atoms with Crippen LogP contribution in [-0.2, 0) is 6.54 Å². The van der Waals surface area contributed by atoms with Crippen molar-refractivity contribution < 1.29 is 4.74 Å². The van der Waals surface area contributed by atoms with Crippen molar-refractivity contribution >= 4 is 0 Å². The van der Waals surface area contributed by atoms with Gasteiger partial charge in [-0.3, -0.25) is 4.90 Å². The minimum Gasteiger partial charge on any atom is -0.497 e. The highest BCUT2D eigenvalue weighted by Gasteiger charge is 2.32. The van der Waals surface area contributed by atoms with E-state index >= 15 is 0 Å². The molecule has 18 heavy (non-hydrogen) atoms. The Hall–Kier alpha value is -1.06. The van der Waals surface area contributed by atoms with Crippen molar-refractivity contribution in [1.82, 2.24) is 4.90 Å². The van der Waals surface area contributed by atoms with Gasteiger partial charge < -0.3 is 10.5 Å². The van der Waals surface area contributed by atoms with E-state index < -0.39 is 0 Å². The zero-order valence-corrected chi connectivity index (χ0v) is 11.6. The van der Waals surface area contributed by atoms with Gasteiger partial charge in [-0.15, -0.1) is 0 Å². The SMILES string of the molecule is COc1cccc(CN2CC(N)CCC2(C)C)c1. The van der Waals surface area contributed by atoms with Crippen LogP contribution in [0.3, 0.4) is 0 Å². The molecule has 1 heterocycles. The standard InChI is InChI=1S/C15H24N2O/c1-15(2)8-7-13(16)11-17(15)10-12-5-4-6-14(9-12)18-3/h4-6,9,13H,7-8,10-11,16H2,1-3H3. The topological polar surface area (TPSA) is 38.5 Å². The van der Waals surface area contributed by atoms with Gasteiger partial charge in [0.1, 0.15) is 5.75 Å². The summed E-state index contributed by atoms with van der Waals surface area (Å²) < 4.78 is 5.27. The second-order valence-electron chi connectivity index (χ2n) is 5.84. The van der Waals surface area contributed by atoms with Crippen molar-refractivity contribution in [2.24, 2.45) is 5.73 Å². The lowest BCUT2D eigenvalue weighted by Gasteiger charge is -2.44. The smallest absolute Gasteiger partial charge is 0.119 e. The van der Waals surface area contributed by atoms with E-state index in [1.165, 1.54) is 5.56 Å². The molecule has 0 spiro atoms. The lowest BCUT2D eigenvalue weighted by atomic mass is 9.88. The number of hydrogen-bond acceptors (Lipinski definition) is 3. The maximum atomic E-state index is 6.09. The number of likely N-dealkylation sites (tertiary alicyclic amines) is 1. The average Bonchev–Trinajstić information content (AvgIpc) is 2.35. The van der Waals surface area contributed by atoms with E-state index in [0.717, 1.165) is 31.7 Å². The summed E-state index contributed by atoms with van der Waals surface area (Å²) in [6, 6.07) is 8.60. The van der Waals surface area contributed by atoms with Crippen molar-refractivity contribution in [3.05, 3.63) is 29.8 Å². The summed E-state index contributed by atoms with van der Waals surface area (Å²) >= 11 is 0. The first-order valence-corrected chi connectivity index (χ1v) is 6.65. The van der Waals surface area contributed by atoms with Crippen molar-refractivity contribution in [3.63, 3.8) is 0 Å². The summed E-state index contributed by atoms with van der Waals surface area (Å²) in [4.78, 5) is 2.48. The summed E-state index contributed by atoms with van der Waals surface area (Å²) in [6.45, 7) is 6.53. The molecule has 0 bridgehead atoms. The average molecular weight is 248 g/mol. The Bertz CT molecular complexity index is 403. The van der Waals surface area contributed by atoms with Crippen LogP contribution in [0.1, 0.15) is 32.3 Å². The Morgan fingerprint density at radius 1 is 1.44 bits per heavy atom. The second-order valence-corrected chi connectivity index (χ2v) is 5.84. The monoisotopic (exact) mass is 248 g/mol. The molecule has 3 heteroatoms. The number of ether oxygens (including phenoxy) is 1. The molecule has 1 aliphatic heterocycles. The summed E-state index contributed by atoms with van der Waals surface area (Å²) in [6.07, 6.45) is 2.29. The third-order valence-corrected chi connectivity index (χ3v) is 3.95. The van der Waals surface area contributed by atoms with Gasteiger partial charge in [0, 0.05) is 24.7 Å². The van der Waals surface area contributed by atoms with Crippen molar-refractivity contribution in [1.29, 1.82) is 0 Å². The number of nitrogens with two attached hydrogens (primary N) is 1. The first-order chi connectivity index (χ1) is 8.51. The number of piperidine rings is 1. The maximum Gasteiger partial charge on any atom is 0.119 e. The number of rotatable bonds is 3. The summed E-state index contributed by atoms with van der Waals surface area (Å²) in [5.74, 6) is 0.923. The Morgan fingerprint density at radius 3 is 2.94 bits per heavy atom. The van der Waals surface area contributed by atoms with Gasteiger partial charge in [0.2, 0.25) is 0 Å². The number of hydrogen-bond donors (Lipinski definition) is 1. The van der Waals surface area contributed by atoms with E-state index in [-0.39, 0.29) is 5.54 Å². The largest absolute Gasteiger partial charge is 0.497 e. The van der Waals surface area contributed by atoms with Crippen LogP contribution in [0.2, 0.25) is 0 Å². The lowest BCUT2D eigenvalue weighted by Crippen LogP contribution is -2.53. The van der Waals surface area contributed by atoms with Crippen LogP contribution in [0, 0.1) is 0 Å². The van der Waals surface area contributed by atoms with E-state index in [9.17, 15) is 0 Å². The van der Waals surface area contributed by atoms with Crippen LogP contribution >= 0.6 is 0 Å². The minimum atomic E-state index is 0.235. The molecule has 1 fully saturated rings. The van der Waals surface area contributed by atoms with Gasteiger partial charge in [0.25, 0.3) is 0 Å². The fourth-order valence-corrected chi connectivity index (χ4v) is 2.59. The molecule has 2 rings (SSSR count). The van der Waals surface area contributed by atoms with E-state index in [1.807, 2.05) is 12.1 Å². The number of benzene rings is 1. The Balaban J connectivity index is 2.11. The van der Waals surface area contributed by atoms with Crippen molar-refractivity contribution in [2.45, 2.75) is 44.8 Å². The van der Waals surface area contributed by atoms with E-state index in [4.69, 9.17) is 10.5 Å². The van der Waals surface area contributed by atoms with Gasteiger partial charge >= 0.3 is 0 Å². The normalized spacial score (nSPS) is 23.9. The zero-order valence-electron chi connectivity index (χ0n) is 11.6. The Labute approximate surface area is 110 Å². The highest BCUT2D eigenvalue weighted by molar-refractivity contribution is 5.28. The molecule has 3 nitrogen and oxygen atoms in total. The third kappa shape index (κ3) is 3.03. The quantitative estimate of drug-likeness (QED) is 0.892. The van der Waals surface area contributed by atoms with Crippen molar-refractivity contribution in [3.8, 4) is 5.75 Å². The van der Waals surface area contributed by atoms with E-state index in [1.54, 1.807) is 7.11 Å². The summed E-state index contributed by atoms with van der Waals surface area (Å²) in [5.41, 5.74) is 7.61. The maximum absolute atomic E-state index is 6.09. The minimum absolute atomic E-state index is 0.235. The molecular formula is C15H24N2O. The van der Waals surface area contributed by atoms with Gasteiger partial charge in [-0.1, -0.05) is 12.1 Å². The molecule has 0 radical (unpaired) electrons.